The molecule has 1 nitrogen and oxygen atoms in total. The van der Waals surface area contributed by atoms with Crippen LogP contribution in [0.25, 0.3) is 0 Å². The molecule has 1 N–H and O–H groups in total. The summed E-state index contributed by atoms with van der Waals surface area (Å²) >= 11 is 1.72. The molecule has 0 aliphatic heterocycles. The van der Waals surface area contributed by atoms with Gasteiger partial charge >= 0.3 is 0 Å². The van der Waals surface area contributed by atoms with E-state index >= 15 is 0 Å². The predicted molar refractivity (Wildman–Crippen MR) is 69.0 cm³/mol. The Bertz CT molecular complexity index is 417. The Morgan fingerprint density at radius 1 is 1.19 bits per heavy atom. The summed E-state index contributed by atoms with van der Waals surface area (Å²) in [6, 6.07) is 12.7. The number of aliphatic hydroxyl groups excluding tert-OH is 1. The van der Waals surface area contributed by atoms with Crippen LogP contribution >= 0.6 is 11.3 Å². The van der Waals surface area contributed by atoms with Crippen molar-refractivity contribution in [3.8, 4) is 0 Å². The normalized spacial score (nSPS) is 12.6. The first-order chi connectivity index (χ1) is 7.79. The highest BCUT2D eigenvalue weighted by atomic mass is 32.1. The van der Waals surface area contributed by atoms with Crippen molar-refractivity contribution >= 4 is 11.3 Å². The van der Waals surface area contributed by atoms with Gasteiger partial charge in [-0.25, -0.2) is 0 Å². The van der Waals surface area contributed by atoms with Gasteiger partial charge in [-0.15, -0.1) is 11.3 Å². The minimum Gasteiger partial charge on any atom is -0.396 e. The molecule has 1 aromatic heterocycles. The maximum absolute atomic E-state index is 9.42. The summed E-state index contributed by atoms with van der Waals surface area (Å²) in [5.41, 5.74) is 2.57. The first-order valence-electron chi connectivity index (χ1n) is 5.49. The third kappa shape index (κ3) is 2.71. The highest BCUT2D eigenvalue weighted by molar-refractivity contribution is 7.10. The largest absolute Gasteiger partial charge is 0.396 e. The van der Waals surface area contributed by atoms with Gasteiger partial charge in [-0.1, -0.05) is 35.9 Å². The number of aryl methyl sites for hydroxylation is 1. The molecular formula is C14H16OS. The standard InChI is InChI=1S/C14H16OS/c1-11-4-6-12(7-5-11)9-13(10-15)14-3-2-8-16-14/h2-8,13,15H,9-10H2,1H3. The van der Waals surface area contributed by atoms with Crippen LogP contribution in [0.15, 0.2) is 41.8 Å². The van der Waals surface area contributed by atoms with Crippen LogP contribution in [0.3, 0.4) is 0 Å². The summed E-state index contributed by atoms with van der Waals surface area (Å²) in [6.07, 6.45) is 0.914. The Morgan fingerprint density at radius 2 is 1.94 bits per heavy atom. The first-order valence-corrected chi connectivity index (χ1v) is 6.37. The molecule has 16 heavy (non-hydrogen) atoms. The molecule has 1 unspecified atom stereocenters. The van der Waals surface area contributed by atoms with Gasteiger partial charge in [0.25, 0.3) is 0 Å². The third-order valence-corrected chi connectivity index (χ3v) is 3.80. The van der Waals surface area contributed by atoms with E-state index in [1.807, 2.05) is 6.07 Å². The SMILES string of the molecule is Cc1ccc(CC(CO)c2cccs2)cc1. The van der Waals surface area contributed by atoms with Crippen molar-refractivity contribution in [1.82, 2.24) is 0 Å². The molecule has 1 heterocycles. The molecule has 2 rings (SSSR count). The van der Waals surface area contributed by atoms with E-state index < -0.39 is 0 Å². The quantitative estimate of drug-likeness (QED) is 0.857. The van der Waals surface area contributed by atoms with Crippen LogP contribution in [0.5, 0.6) is 0 Å². The van der Waals surface area contributed by atoms with Crippen molar-refractivity contribution in [3.05, 3.63) is 57.8 Å². The van der Waals surface area contributed by atoms with Crippen LogP contribution in [0.4, 0.5) is 0 Å². The van der Waals surface area contributed by atoms with Crippen LogP contribution in [-0.4, -0.2) is 11.7 Å². The molecule has 0 aliphatic carbocycles. The second-order valence-corrected chi connectivity index (χ2v) is 5.06. The fourth-order valence-corrected chi connectivity index (χ4v) is 2.61. The van der Waals surface area contributed by atoms with E-state index in [1.54, 1.807) is 11.3 Å². The van der Waals surface area contributed by atoms with E-state index in [4.69, 9.17) is 0 Å². The maximum Gasteiger partial charge on any atom is 0.0510 e. The average molecular weight is 232 g/mol. The lowest BCUT2D eigenvalue weighted by Gasteiger charge is -2.12. The first kappa shape index (κ1) is 11.4. The molecule has 0 saturated heterocycles. The molecule has 84 valence electrons. The number of benzene rings is 1. The third-order valence-electron chi connectivity index (χ3n) is 2.77. The van der Waals surface area contributed by atoms with Crippen molar-refractivity contribution in [2.75, 3.05) is 6.61 Å². The van der Waals surface area contributed by atoms with E-state index in [2.05, 4.69) is 42.6 Å². The van der Waals surface area contributed by atoms with Gasteiger partial charge in [0.05, 0.1) is 6.61 Å². The van der Waals surface area contributed by atoms with E-state index in [0.29, 0.717) is 0 Å². The minimum absolute atomic E-state index is 0.217. The molecule has 0 spiro atoms. The van der Waals surface area contributed by atoms with Crippen molar-refractivity contribution < 1.29 is 5.11 Å². The highest BCUT2D eigenvalue weighted by Crippen LogP contribution is 2.24. The second-order valence-electron chi connectivity index (χ2n) is 4.08. The van der Waals surface area contributed by atoms with E-state index in [9.17, 15) is 5.11 Å². The van der Waals surface area contributed by atoms with Gasteiger partial charge < -0.3 is 5.11 Å². The molecule has 0 bridgehead atoms. The van der Waals surface area contributed by atoms with Crippen LogP contribution < -0.4 is 0 Å². The summed E-state index contributed by atoms with van der Waals surface area (Å²) in [4.78, 5) is 1.27. The van der Waals surface area contributed by atoms with Crippen LogP contribution in [0.1, 0.15) is 21.9 Å². The van der Waals surface area contributed by atoms with Gasteiger partial charge in [-0.05, 0) is 30.4 Å². The van der Waals surface area contributed by atoms with E-state index in [1.165, 1.54) is 16.0 Å². The molecule has 1 aromatic carbocycles. The smallest absolute Gasteiger partial charge is 0.0510 e. The average Bonchev–Trinajstić information content (AvgIpc) is 2.82. The van der Waals surface area contributed by atoms with Crippen LogP contribution in [0.2, 0.25) is 0 Å². The fourth-order valence-electron chi connectivity index (χ4n) is 1.79. The van der Waals surface area contributed by atoms with Crippen molar-refractivity contribution in [3.63, 3.8) is 0 Å². The van der Waals surface area contributed by atoms with Gasteiger partial charge in [0.15, 0.2) is 0 Å². The van der Waals surface area contributed by atoms with Crippen molar-refractivity contribution in [1.29, 1.82) is 0 Å². The van der Waals surface area contributed by atoms with Crippen molar-refractivity contribution in [2.24, 2.45) is 0 Å². The Balaban J connectivity index is 2.10. The zero-order chi connectivity index (χ0) is 11.4. The Labute approximate surface area is 100 Å². The summed E-state index contributed by atoms with van der Waals surface area (Å²) < 4.78 is 0. The fraction of sp³-hybridized carbons (Fsp3) is 0.286. The molecule has 0 saturated carbocycles. The lowest BCUT2D eigenvalue weighted by Crippen LogP contribution is -2.05. The summed E-state index contributed by atoms with van der Waals surface area (Å²) in [7, 11) is 0. The summed E-state index contributed by atoms with van der Waals surface area (Å²) in [5.74, 6) is 0.239. The molecular weight excluding hydrogens is 216 g/mol. The van der Waals surface area contributed by atoms with Gasteiger partial charge in [0, 0.05) is 10.8 Å². The lowest BCUT2D eigenvalue weighted by atomic mass is 9.98. The highest BCUT2D eigenvalue weighted by Gasteiger charge is 2.11. The Kier molecular flexibility index (Phi) is 3.75. The molecule has 2 aromatic rings. The van der Waals surface area contributed by atoms with Gasteiger partial charge in [-0.3, -0.25) is 0 Å². The predicted octanol–water partition coefficient (Wildman–Crippen LogP) is 3.38. The number of hydrogen-bond acceptors (Lipinski definition) is 2. The number of thiophene rings is 1. The maximum atomic E-state index is 9.42. The van der Waals surface area contributed by atoms with E-state index in [-0.39, 0.29) is 12.5 Å². The summed E-state index contributed by atoms with van der Waals surface area (Å²) in [5, 5.41) is 11.5. The zero-order valence-electron chi connectivity index (χ0n) is 9.39. The topological polar surface area (TPSA) is 20.2 Å². The zero-order valence-corrected chi connectivity index (χ0v) is 10.2. The Morgan fingerprint density at radius 3 is 2.50 bits per heavy atom. The number of aliphatic hydroxyl groups is 1. The van der Waals surface area contributed by atoms with Gasteiger partial charge in [0.1, 0.15) is 0 Å². The molecule has 0 radical (unpaired) electrons. The van der Waals surface area contributed by atoms with Gasteiger partial charge in [-0.2, -0.15) is 0 Å². The second kappa shape index (κ2) is 5.28. The molecule has 2 heteroatoms. The molecule has 0 aliphatic rings. The Hall–Kier alpha value is -1.12. The monoisotopic (exact) mass is 232 g/mol. The number of rotatable bonds is 4. The number of hydrogen-bond donors (Lipinski definition) is 1. The van der Waals surface area contributed by atoms with Crippen LogP contribution in [-0.2, 0) is 6.42 Å². The molecule has 0 fully saturated rings. The molecule has 1 atom stereocenters. The molecule has 0 amide bonds. The van der Waals surface area contributed by atoms with Crippen molar-refractivity contribution in [2.45, 2.75) is 19.3 Å². The minimum atomic E-state index is 0.217. The van der Waals surface area contributed by atoms with E-state index in [0.717, 1.165) is 6.42 Å². The lowest BCUT2D eigenvalue weighted by molar-refractivity contribution is 0.266. The van der Waals surface area contributed by atoms with Crippen LogP contribution in [0, 0.1) is 6.92 Å². The van der Waals surface area contributed by atoms with Gasteiger partial charge in [0.2, 0.25) is 0 Å². The summed E-state index contributed by atoms with van der Waals surface area (Å²) in [6.45, 7) is 2.31.